The SMILES string of the molecule is C1=C[NH+]2N=C(Nc3ccc4c(c3)CCN4)N=C2C=N1.[Cl-]. The zero-order valence-corrected chi connectivity index (χ0v) is 11.4. The molecule has 0 aliphatic carbocycles. The molecule has 3 N–H and O–H groups in total. The molecular weight excluding hydrogens is 276 g/mol. The zero-order valence-electron chi connectivity index (χ0n) is 10.6. The van der Waals surface area contributed by atoms with Gasteiger partial charge in [0.2, 0.25) is 0 Å². The molecule has 1 aromatic rings. The number of hydrogen-bond acceptors (Lipinski definition) is 5. The molecular formula is C13H13ClN6. The van der Waals surface area contributed by atoms with Gasteiger partial charge >= 0.3 is 0 Å². The van der Waals surface area contributed by atoms with Crippen molar-refractivity contribution in [2.75, 3.05) is 17.2 Å². The van der Waals surface area contributed by atoms with Gasteiger partial charge in [-0.2, -0.15) is 4.99 Å². The number of nitrogens with one attached hydrogen (secondary N) is 3. The molecule has 20 heavy (non-hydrogen) atoms. The van der Waals surface area contributed by atoms with Crippen LogP contribution in [0, 0.1) is 0 Å². The van der Waals surface area contributed by atoms with Crippen LogP contribution in [-0.4, -0.2) is 24.6 Å². The van der Waals surface area contributed by atoms with E-state index in [9.17, 15) is 0 Å². The lowest BCUT2D eigenvalue weighted by atomic mass is 10.1. The van der Waals surface area contributed by atoms with E-state index in [2.05, 4.69) is 37.9 Å². The van der Waals surface area contributed by atoms with E-state index < -0.39 is 0 Å². The van der Waals surface area contributed by atoms with Gasteiger partial charge in [-0.25, -0.2) is 0 Å². The van der Waals surface area contributed by atoms with Crippen LogP contribution in [0.2, 0.25) is 0 Å². The second-order valence-electron chi connectivity index (χ2n) is 4.59. The monoisotopic (exact) mass is 288 g/mol. The highest BCUT2D eigenvalue weighted by atomic mass is 35.5. The molecule has 0 saturated carbocycles. The maximum Gasteiger partial charge on any atom is 0.286 e. The van der Waals surface area contributed by atoms with Crippen LogP contribution in [-0.2, 0) is 6.42 Å². The number of quaternary nitrogens is 1. The molecule has 0 radical (unpaired) electrons. The first-order valence-electron chi connectivity index (χ1n) is 6.27. The summed E-state index contributed by atoms with van der Waals surface area (Å²) < 4.78 is 0. The van der Waals surface area contributed by atoms with Crippen LogP contribution < -0.4 is 28.0 Å². The molecule has 0 spiro atoms. The highest BCUT2D eigenvalue weighted by Gasteiger charge is 2.24. The number of guanidine groups is 1. The summed E-state index contributed by atoms with van der Waals surface area (Å²) in [5, 5.41) is 11.9. The van der Waals surface area contributed by atoms with Gasteiger partial charge < -0.3 is 23.0 Å². The smallest absolute Gasteiger partial charge is 0.286 e. The fraction of sp³-hybridized carbons (Fsp3) is 0.154. The normalized spacial score (nSPS) is 21.3. The Bertz CT molecular complexity index is 661. The van der Waals surface area contributed by atoms with E-state index in [-0.39, 0.29) is 12.4 Å². The summed E-state index contributed by atoms with van der Waals surface area (Å²) in [6.07, 6.45) is 6.38. The van der Waals surface area contributed by atoms with Crippen LogP contribution in [0.3, 0.4) is 0 Å². The Morgan fingerprint density at radius 3 is 3.15 bits per heavy atom. The van der Waals surface area contributed by atoms with E-state index in [4.69, 9.17) is 0 Å². The Morgan fingerprint density at radius 1 is 1.30 bits per heavy atom. The van der Waals surface area contributed by atoms with Crippen LogP contribution in [0.5, 0.6) is 0 Å². The van der Waals surface area contributed by atoms with Gasteiger partial charge in [0, 0.05) is 17.9 Å². The average Bonchev–Trinajstić information content (AvgIpc) is 3.03. The molecule has 0 saturated heterocycles. The second-order valence-corrected chi connectivity index (χ2v) is 4.59. The minimum atomic E-state index is 0. The van der Waals surface area contributed by atoms with Gasteiger partial charge in [0.1, 0.15) is 12.4 Å². The first-order chi connectivity index (χ1) is 9.38. The maximum absolute atomic E-state index is 4.42. The fourth-order valence-electron chi connectivity index (χ4n) is 2.38. The molecule has 0 fully saturated rings. The molecule has 1 atom stereocenters. The topological polar surface area (TPSA) is 65.6 Å². The highest BCUT2D eigenvalue weighted by molar-refractivity contribution is 6.29. The first-order valence-corrected chi connectivity index (χ1v) is 6.27. The summed E-state index contributed by atoms with van der Waals surface area (Å²) in [4.78, 5) is 8.44. The molecule has 0 bridgehead atoms. The highest BCUT2D eigenvalue weighted by Crippen LogP contribution is 2.25. The quantitative estimate of drug-likeness (QED) is 0.522. The number of benzene rings is 1. The molecule has 3 aliphatic heterocycles. The number of amidine groups is 1. The molecule has 6 nitrogen and oxygen atoms in total. The van der Waals surface area contributed by atoms with Crippen molar-refractivity contribution in [2.24, 2.45) is 15.1 Å². The Hall–Kier alpha value is -2.18. The van der Waals surface area contributed by atoms with Crippen molar-refractivity contribution in [3.63, 3.8) is 0 Å². The molecule has 7 heteroatoms. The predicted molar refractivity (Wildman–Crippen MR) is 75.7 cm³/mol. The van der Waals surface area contributed by atoms with Crippen LogP contribution in [0.4, 0.5) is 11.4 Å². The average molecular weight is 289 g/mol. The Kier molecular flexibility index (Phi) is 3.25. The van der Waals surface area contributed by atoms with Crippen molar-refractivity contribution in [1.82, 2.24) is 0 Å². The lowest BCUT2D eigenvalue weighted by Crippen LogP contribution is -3.05. The van der Waals surface area contributed by atoms with E-state index in [0.29, 0.717) is 5.96 Å². The van der Waals surface area contributed by atoms with E-state index in [1.54, 1.807) is 12.4 Å². The lowest BCUT2D eigenvalue weighted by molar-refractivity contribution is -0.748. The number of hydrogen-bond donors (Lipinski definition) is 3. The molecule has 4 rings (SSSR count). The Balaban J connectivity index is 0.00000121. The van der Waals surface area contributed by atoms with E-state index in [1.807, 2.05) is 12.3 Å². The van der Waals surface area contributed by atoms with Gasteiger partial charge in [-0.15, -0.1) is 5.01 Å². The van der Waals surface area contributed by atoms with E-state index >= 15 is 0 Å². The summed E-state index contributed by atoms with van der Waals surface area (Å²) in [5.74, 6) is 1.43. The molecule has 102 valence electrons. The third-order valence-corrected chi connectivity index (χ3v) is 3.30. The number of halogens is 1. The second kappa shape index (κ2) is 5.07. The van der Waals surface area contributed by atoms with Crippen molar-refractivity contribution in [3.05, 3.63) is 36.2 Å². The largest absolute Gasteiger partial charge is 1.00 e. The number of anilines is 2. The van der Waals surface area contributed by atoms with Crippen molar-refractivity contribution in [3.8, 4) is 0 Å². The van der Waals surface area contributed by atoms with Gasteiger partial charge in [-0.05, 0) is 35.3 Å². The van der Waals surface area contributed by atoms with E-state index in [1.165, 1.54) is 11.3 Å². The maximum atomic E-state index is 4.42. The number of aliphatic imine (C=N–C) groups is 2. The molecule has 1 unspecified atom stereocenters. The van der Waals surface area contributed by atoms with Crippen molar-refractivity contribution < 1.29 is 17.4 Å². The standard InChI is InChI=1S/C13H12N6.ClH/c1-2-11-9(3-4-15-11)7-10(1)16-13-17-12-8-14-5-6-19(12)18-13;/h1-2,5-8,15H,3-4H2,(H,16,18);1H. The van der Waals surface area contributed by atoms with Crippen LogP contribution >= 0.6 is 0 Å². The fourth-order valence-corrected chi connectivity index (χ4v) is 2.38. The van der Waals surface area contributed by atoms with Crippen molar-refractivity contribution >= 4 is 29.4 Å². The van der Waals surface area contributed by atoms with Crippen LogP contribution in [0.25, 0.3) is 0 Å². The Morgan fingerprint density at radius 2 is 2.25 bits per heavy atom. The lowest BCUT2D eigenvalue weighted by Gasteiger charge is -2.05. The zero-order chi connectivity index (χ0) is 12.7. The predicted octanol–water partition coefficient (Wildman–Crippen LogP) is -2.81. The summed E-state index contributed by atoms with van der Waals surface area (Å²) >= 11 is 0. The van der Waals surface area contributed by atoms with Gasteiger partial charge in [0.15, 0.2) is 0 Å². The van der Waals surface area contributed by atoms with Gasteiger partial charge in [0.25, 0.3) is 11.8 Å². The molecule has 1 aromatic carbocycles. The number of rotatable bonds is 1. The summed E-state index contributed by atoms with van der Waals surface area (Å²) in [5.41, 5.74) is 3.58. The number of fused-ring (bicyclic) bond motifs is 2. The molecule has 0 amide bonds. The van der Waals surface area contributed by atoms with Crippen molar-refractivity contribution in [1.29, 1.82) is 0 Å². The minimum absolute atomic E-state index is 0. The van der Waals surface area contributed by atoms with Gasteiger partial charge in [0.05, 0.1) is 6.20 Å². The van der Waals surface area contributed by atoms with Gasteiger partial charge in [-0.1, -0.05) is 0 Å². The Labute approximate surface area is 122 Å². The third-order valence-electron chi connectivity index (χ3n) is 3.30. The van der Waals surface area contributed by atoms with Gasteiger partial charge in [-0.3, -0.25) is 4.99 Å². The summed E-state index contributed by atoms with van der Waals surface area (Å²) in [6.45, 7) is 1.02. The molecule has 0 aromatic heterocycles. The molecule has 3 aliphatic rings. The molecule has 3 heterocycles. The first kappa shape index (κ1) is 12.8. The summed E-state index contributed by atoms with van der Waals surface area (Å²) in [6, 6.07) is 6.28. The van der Waals surface area contributed by atoms with Crippen LogP contribution in [0.15, 0.2) is 45.7 Å². The summed E-state index contributed by atoms with van der Waals surface area (Å²) in [7, 11) is 0. The number of nitrogens with zero attached hydrogens (tertiary/aromatic N) is 3. The van der Waals surface area contributed by atoms with Crippen molar-refractivity contribution in [2.45, 2.75) is 6.42 Å². The minimum Gasteiger partial charge on any atom is -1.00 e. The van der Waals surface area contributed by atoms with E-state index in [0.717, 1.165) is 29.5 Å². The third kappa shape index (κ3) is 2.19. The van der Waals surface area contributed by atoms with Crippen LogP contribution in [0.1, 0.15) is 5.56 Å².